The van der Waals surface area contributed by atoms with E-state index in [2.05, 4.69) is 0 Å². The van der Waals surface area contributed by atoms with Crippen molar-refractivity contribution < 1.29 is 43.8 Å². The molecule has 10 nitrogen and oxygen atoms in total. The van der Waals surface area contributed by atoms with Gasteiger partial charge in [-0.3, -0.25) is 21.0 Å². The fourth-order valence-corrected chi connectivity index (χ4v) is 0. The van der Waals surface area contributed by atoms with Crippen molar-refractivity contribution in [2.75, 3.05) is 31.3 Å². The van der Waals surface area contributed by atoms with Crippen LogP contribution in [0.5, 0.6) is 0 Å². The van der Waals surface area contributed by atoms with Gasteiger partial charge in [0.25, 0.3) is 0 Å². The molecule has 0 aliphatic carbocycles. The van der Waals surface area contributed by atoms with Crippen LogP contribution in [-0.2, 0) is 55.4 Å². The van der Waals surface area contributed by atoms with Gasteiger partial charge >= 0.3 is 40.4 Å². The van der Waals surface area contributed by atoms with Gasteiger partial charge in [0.1, 0.15) is 0 Å². The summed E-state index contributed by atoms with van der Waals surface area (Å²) < 4.78 is 90.0. The maximum absolute atomic E-state index is 9.00. The Balaban J connectivity index is -0.0000000250. The van der Waals surface area contributed by atoms with Gasteiger partial charge in [0.15, 0.2) is 0 Å². The molecule has 0 saturated heterocycles. The van der Waals surface area contributed by atoms with Crippen molar-refractivity contribution in [3.05, 3.63) is 0 Å². The SMILES string of the molecule is CS(=O)[O-].CS(=O)[O-].CS(=O)[O-].CS(=O)[O-].CS(=O)[O-].[Al+3].[Mg+2]. The minimum Gasteiger partial charge on any atom is -0.773 e. The minimum atomic E-state index is -1.86. The summed E-state index contributed by atoms with van der Waals surface area (Å²) in [5.41, 5.74) is 0. The van der Waals surface area contributed by atoms with Crippen LogP contribution >= 0.6 is 0 Å². The molecule has 0 bridgehead atoms. The van der Waals surface area contributed by atoms with Crippen LogP contribution in [-0.4, -0.2) is 116 Å². The van der Waals surface area contributed by atoms with E-state index in [-0.39, 0.29) is 40.4 Å². The quantitative estimate of drug-likeness (QED) is 0.268. The van der Waals surface area contributed by atoms with E-state index in [1.54, 1.807) is 0 Å². The molecule has 5 atom stereocenters. The number of hydrogen-bond acceptors (Lipinski definition) is 10. The first-order valence-corrected chi connectivity index (χ1v) is 11.1. The van der Waals surface area contributed by atoms with E-state index in [4.69, 9.17) is 43.8 Å². The third-order valence-corrected chi connectivity index (χ3v) is 0. The fourth-order valence-electron chi connectivity index (χ4n) is 0. The number of hydrogen-bond donors (Lipinski definition) is 0. The van der Waals surface area contributed by atoms with E-state index in [1.807, 2.05) is 0 Å². The van der Waals surface area contributed by atoms with E-state index in [0.717, 1.165) is 31.3 Å². The molecule has 0 saturated carbocycles. The van der Waals surface area contributed by atoms with Crippen molar-refractivity contribution >= 4 is 95.8 Å². The van der Waals surface area contributed by atoms with Crippen LogP contribution in [0.3, 0.4) is 0 Å². The van der Waals surface area contributed by atoms with Gasteiger partial charge in [-0.2, -0.15) is 0 Å². The van der Waals surface area contributed by atoms with Gasteiger partial charge in [-0.25, -0.2) is 0 Å². The first-order chi connectivity index (χ1) is 8.66. The van der Waals surface area contributed by atoms with E-state index in [9.17, 15) is 0 Å². The minimum absolute atomic E-state index is 0. The third kappa shape index (κ3) is 2780. The Bertz CT molecular complexity index is 226. The Morgan fingerprint density at radius 3 is 0.455 bits per heavy atom. The van der Waals surface area contributed by atoms with E-state index < -0.39 is 55.4 Å². The smallest absolute Gasteiger partial charge is 0.773 e. The molecule has 130 valence electrons. The molecular formula is C5H15AlMgO10S5. The summed E-state index contributed by atoms with van der Waals surface area (Å²) >= 11 is -9.31. The Labute approximate surface area is 169 Å². The molecule has 22 heavy (non-hydrogen) atoms. The topological polar surface area (TPSA) is 201 Å². The van der Waals surface area contributed by atoms with Gasteiger partial charge < -0.3 is 22.8 Å². The van der Waals surface area contributed by atoms with Gasteiger partial charge in [0, 0.05) is 0 Å². The largest absolute Gasteiger partial charge is 3.00 e. The van der Waals surface area contributed by atoms with Crippen molar-refractivity contribution in [1.29, 1.82) is 0 Å². The predicted molar refractivity (Wildman–Crippen MR) is 85.7 cm³/mol. The second kappa shape index (κ2) is 38.4. The van der Waals surface area contributed by atoms with Crippen LogP contribution in [0.2, 0.25) is 0 Å². The zero-order chi connectivity index (χ0) is 17.9. The van der Waals surface area contributed by atoms with Crippen molar-refractivity contribution in [3.63, 3.8) is 0 Å². The second-order valence-corrected chi connectivity index (χ2v) is 6.02. The Morgan fingerprint density at radius 2 is 0.455 bits per heavy atom. The van der Waals surface area contributed by atoms with Crippen molar-refractivity contribution in [1.82, 2.24) is 0 Å². The first-order valence-electron chi connectivity index (χ1n) is 3.71. The molecule has 0 aromatic carbocycles. The average molecular weight is 447 g/mol. The average Bonchev–Trinajstić information content (AvgIpc) is 1.94. The normalized spacial score (nSPS) is 14.1. The molecular weight excluding hydrogens is 432 g/mol. The van der Waals surface area contributed by atoms with Gasteiger partial charge in [-0.15, -0.1) is 0 Å². The third-order valence-electron chi connectivity index (χ3n) is 0. The number of rotatable bonds is 0. The predicted octanol–water partition coefficient (Wildman–Crippen LogP) is -3.29. The molecule has 0 N–H and O–H groups in total. The van der Waals surface area contributed by atoms with Gasteiger partial charge in [-0.1, -0.05) is 55.4 Å². The summed E-state index contributed by atoms with van der Waals surface area (Å²) in [5.74, 6) is 0. The van der Waals surface area contributed by atoms with Crippen LogP contribution in [0.15, 0.2) is 0 Å². The zero-order valence-corrected chi connectivity index (χ0v) is 19.1. The first kappa shape index (κ1) is 43.9. The summed E-state index contributed by atoms with van der Waals surface area (Å²) in [5, 5.41) is 0. The van der Waals surface area contributed by atoms with Crippen molar-refractivity contribution in [3.8, 4) is 0 Å². The summed E-state index contributed by atoms with van der Waals surface area (Å²) in [6.07, 6.45) is 5.42. The maximum Gasteiger partial charge on any atom is 3.00 e. The van der Waals surface area contributed by atoms with Crippen LogP contribution in [0.4, 0.5) is 0 Å². The van der Waals surface area contributed by atoms with Crippen molar-refractivity contribution in [2.45, 2.75) is 0 Å². The Morgan fingerprint density at radius 1 is 0.455 bits per heavy atom. The standard InChI is InChI=1S/5CH4O2S.Al.Mg/c5*1-4(2)3;;/h5*1H3,(H,2,3);;/q;;;;;+3;+2/p-5. The zero-order valence-electron chi connectivity index (χ0n) is 12.4. The van der Waals surface area contributed by atoms with Crippen LogP contribution in [0.25, 0.3) is 0 Å². The van der Waals surface area contributed by atoms with Crippen molar-refractivity contribution in [2.24, 2.45) is 0 Å². The molecule has 0 rings (SSSR count). The molecule has 0 spiro atoms. The fraction of sp³-hybridized carbons (Fsp3) is 1.00. The van der Waals surface area contributed by atoms with Crippen LogP contribution < -0.4 is 0 Å². The Hall–Kier alpha value is 1.85. The molecule has 0 fully saturated rings. The van der Waals surface area contributed by atoms with Gasteiger partial charge in [0.2, 0.25) is 0 Å². The van der Waals surface area contributed by atoms with E-state index in [1.165, 1.54) is 0 Å². The van der Waals surface area contributed by atoms with E-state index in [0.29, 0.717) is 0 Å². The summed E-state index contributed by atoms with van der Waals surface area (Å²) in [6, 6.07) is 0. The summed E-state index contributed by atoms with van der Waals surface area (Å²) in [7, 11) is 0. The van der Waals surface area contributed by atoms with Gasteiger partial charge in [-0.05, 0) is 31.3 Å². The molecule has 17 heteroatoms. The monoisotopic (exact) mass is 446 g/mol. The molecule has 0 heterocycles. The second-order valence-electron chi connectivity index (χ2n) is 2.01. The summed E-state index contributed by atoms with van der Waals surface area (Å²) in [4.78, 5) is 0. The van der Waals surface area contributed by atoms with E-state index >= 15 is 0 Å². The molecule has 5 unspecified atom stereocenters. The van der Waals surface area contributed by atoms with Crippen LogP contribution in [0.1, 0.15) is 0 Å². The van der Waals surface area contributed by atoms with Gasteiger partial charge in [0.05, 0.1) is 0 Å². The molecule has 0 aromatic rings. The molecule has 0 amide bonds. The Kier molecular flexibility index (Phi) is 76.6. The molecule has 0 radical (unpaired) electrons. The molecule has 0 aromatic heterocycles. The molecule has 0 aliphatic rings. The summed E-state index contributed by atoms with van der Waals surface area (Å²) in [6.45, 7) is 0. The molecule has 0 aliphatic heterocycles. The maximum atomic E-state index is 9.00. The van der Waals surface area contributed by atoms with Crippen LogP contribution in [0, 0.1) is 0 Å².